The Hall–Kier alpha value is 0.594. The molecule has 2 rings (SSSR count). The molecule has 0 spiro atoms. The summed E-state index contributed by atoms with van der Waals surface area (Å²) in [6.45, 7) is 3.88. The van der Waals surface area contributed by atoms with Crippen molar-refractivity contribution < 1.29 is 36.7 Å². The molecule has 1 aliphatic carbocycles. The fourth-order valence-corrected chi connectivity index (χ4v) is 2.04. The van der Waals surface area contributed by atoms with E-state index in [4.69, 9.17) is 14.9 Å². The summed E-state index contributed by atoms with van der Waals surface area (Å²) in [5.74, 6) is 0.932. The van der Waals surface area contributed by atoms with E-state index in [1.165, 1.54) is 25.7 Å². The van der Waals surface area contributed by atoms with Crippen molar-refractivity contribution >= 4 is 0 Å². The zero-order chi connectivity index (χ0) is 11.0. The molecule has 0 aromatic carbocycles. The molecule has 0 amide bonds. The van der Waals surface area contributed by atoms with E-state index < -0.39 is 0 Å². The Bertz CT molecular complexity index is 133. The van der Waals surface area contributed by atoms with Gasteiger partial charge in [0.1, 0.15) is 0 Å². The third kappa shape index (κ3) is 6.70. The third-order valence-electron chi connectivity index (χ3n) is 2.73. The van der Waals surface area contributed by atoms with Gasteiger partial charge in [0.05, 0.1) is 12.2 Å². The van der Waals surface area contributed by atoms with Crippen LogP contribution in [0.4, 0.5) is 0 Å². The van der Waals surface area contributed by atoms with Gasteiger partial charge in [-0.2, -0.15) is 6.42 Å². The molecule has 2 fully saturated rings. The van der Waals surface area contributed by atoms with Crippen molar-refractivity contribution in [3.63, 3.8) is 0 Å². The number of hydrogen-bond acceptors (Lipinski definition) is 3. The summed E-state index contributed by atoms with van der Waals surface area (Å²) < 4.78 is 5.43. The minimum Gasteiger partial charge on any atom is -0.400 e. The van der Waals surface area contributed by atoms with Gasteiger partial charge in [-0.25, -0.2) is 0 Å². The molecule has 15 heavy (non-hydrogen) atoms. The Labute approximate surface area is 108 Å². The van der Waals surface area contributed by atoms with E-state index in [1.54, 1.807) is 0 Å². The first-order valence-corrected chi connectivity index (χ1v) is 5.24. The number of epoxide rings is 1. The van der Waals surface area contributed by atoms with Gasteiger partial charge in [0.2, 0.25) is 0 Å². The molecule has 1 aliphatic heterocycles. The molecule has 2 aliphatic rings. The van der Waals surface area contributed by atoms with Gasteiger partial charge in [-0.15, -0.1) is 0 Å². The molecule has 90 valence electrons. The van der Waals surface area contributed by atoms with Crippen LogP contribution >= 0.6 is 0 Å². The van der Waals surface area contributed by atoms with Crippen LogP contribution in [0.5, 0.6) is 0 Å². The van der Waals surface area contributed by atoms with E-state index >= 15 is 0 Å². The fourth-order valence-electron chi connectivity index (χ4n) is 2.04. The summed E-state index contributed by atoms with van der Waals surface area (Å²) >= 11 is 0. The molecule has 1 saturated heterocycles. The van der Waals surface area contributed by atoms with E-state index in [0.29, 0.717) is 12.2 Å². The van der Waals surface area contributed by atoms with Crippen LogP contribution in [0, 0.1) is 12.8 Å². The summed E-state index contributed by atoms with van der Waals surface area (Å²) in [7, 11) is 2.00. The fraction of sp³-hybridized carbons (Fsp3) is 0.909. The SMILES string of the molecule is CO.CO.[CH2-]CCC1CCC2OC2C1.[Ti]. The molecule has 1 heterocycles. The Balaban J connectivity index is 0. The van der Waals surface area contributed by atoms with Gasteiger partial charge in [0.25, 0.3) is 0 Å². The first-order chi connectivity index (χ1) is 6.90. The standard InChI is InChI=1S/C9H15O.2CH4O.Ti/c1-2-3-7-4-5-8-9(6-7)10-8;2*1-2;/h7-9H,1-6H2;2*2H,1H3;/q-1;;;. The summed E-state index contributed by atoms with van der Waals surface area (Å²) in [5.41, 5.74) is 0. The van der Waals surface area contributed by atoms with E-state index in [9.17, 15) is 0 Å². The number of aliphatic hydroxyl groups excluding tert-OH is 2. The molecular weight excluding hydrogens is 228 g/mol. The molecule has 0 aromatic rings. The van der Waals surface area contributed by atoms with Gasteiger partial charge >= 0.3 is 0 Å². The summed E-state index contributed by atoms with van der Waals surface area (Å²) in [4.78, 5) is 0. The van der Waals surface area contributed by atoms with E-state index in [1.807, 2.05) is 0 Å². The second kappa shape index (κ2) is 11.1. The minimum absolute atomic E-state index is 0. The molecule has 1 saturated carbocycles. The molecule has 0 bridgehead atoms. The molecule has 3 atom stereocenters. The average molecular weight is 251 g/mol. The number of rotatable bonds is 2. The van der Waals surface area contributed by atoms with Gasteiger partial charge in [-0.05, 0) is 25.2 Å². The zero-order valence-electron chi connectivity index (χ0n) is 9.78. The van der Waals surface area contributed by atoms with Crippen LogP contribution in [0.15, 0.2) is 0 Å². The van der Waals surface area contributed by atoms with Gasteiger partial charge in [0.15, 0.2) is 0 Å². The van der Waals surface area contributed by atoms with Crippen molar-refractivity contribution in [1.29, 1.82) is 0 Å². The molecule has 4 heteroatoms. The van der Waals surface area contributed by atoms with Crippen molar-refractivity contribution in [2.45, 2.75) is 44.3 Å². The predicted octanol–water partition coefficient (Wildman–Crippen LogP) is 1.38. The van der Waals surface area contributed by atoms with Crippen LogP contribution in [0.1, 0.15) is 32.1 Å². The van der Waals surface area contributed by atoms with Crippen molar-refractivity contribution in [2.75, 3.05) is 14.2 Å². The third-order valence-corrected chi connectivity index (χ3v) is 2.73. The van der Waals surface area contributed by atoms with Crippen molar-refractivity contribution in [3.05, 3.63) is 6.92 Å². The number of fused-ring (bicyclic) bond motifs is 1. The molecule has 2 N–H and O–H groups in total. The first-order valence-electron chi connectivity index (χ1n) is 5.24. The summed E-state index contributed by atoms with van der Waals surface area (Å²) in [5, 5.41) is 14.0. The summed E-state index contributed by atoms with van der Waals surface area (Å²) in [6.07, 6.45) is 7.76. The maximum Gasteiger partial charge on any atom is 0.0844 e. The normalized spacial score (nSPS) is 30.6. The van der Waals surface area contributed by atoms with Crippen LogP contribution in [0.3, 0.4) is 0 Å². The Morgan fingerprint density at radius 3 is 2.20 bits per heavy atom. The Morgan fingerprint density at radius 2 is 1.73 bits per heavy atom. The topological polar surface area (TPSA) is 53.0 Å². The molecular formula is C11H23O3Ti-. The molecule has 0 aromatic heterocycles. The second-order valence-corrected chi connectivity index (χ2v) is 3.53. The van der Waals surface area contributed by atoms with Crippen molar-refractivity contribution in [1.82, 2.24) is 0 Å². The maximum absolute atomic E-state index is 7.00. The minimum atomic E-state index is 0. The number of aliphatic hydroxyl groups is 2. The zero-order valence-corrected chi connectivity index (χ0v) is 11.3. The van der Waals surface area contributed by atoms with E-state index in [2.05, 4.69) is 6.92 Å². The smallest absolute Gasteiger partial charge is 0.0844 e. The van der Waals surface area contributed by atoms with Crippen LogP contribution in [0.25, 0.3) is 0 Å². The largest absolute Gasteiger partial charge is 0.400 e. The first kappa shape index (κ1) is 18.0. The van der Waals surface area contributed by atoms with Gasteiger partial charge in [0, 0.05) is 35.9 Å². The van der Waals surface area contributed by atoms with E-state index in [-0.39, 0.29) is 21.7 Å². The van der Waals surface area contributed by atoms with Gasteiger partial charge < -0.3 is 21.9 Å². The van der Waals surface area contributed by atoms with Crippen molar-refractivity contribution in [2.24, 2.45) is 5.92 Å². The van der Waals surface area contributed by atoms with Gasteiger partial charge in [-0.3, -0.25) is 0 Å². The second-order valence-electron chi connectivity index (χ2n) is 3.53. The van der Waals surface area contributed by atoms with Crippen LogP contribution in [0.2, 0.25) is 0 Å². The van der Waals surface area contributed by atoms with Crippen LogP contribution in [-0.4, -0.2) is 36.6 Å². The number of hydrogen-bond donors (Lipinski definition) is 2. The average Bonchev–Trinajstić information content (AvgIpc) is 3.02. The quantitative estimate of drug-likeness (QED) is 0.443. The van der Waals surface area contributed by atoms with Crippen LogP contribution in [-0.2, 0) is 26.5 Å². The molecule has 3 unspecified atom stereocenters. The predicted molar refractivity (Wildman–Crippen MR) is 56.9 cm³/mol. The monoisotopic (exact) mass is 251 g/mol. The van der Waals surface area contributed by atoms with Crippen molar-refractivity contribution in [3.8, 4) is 0 Å². The Morgan fingerprint density at radius 1 is 1.13 bits per heavy atom. The maximum atomic E-state index is 7.00. The van der Waals surface area contributed by atoms with Crippen LogP contribution < -0.4 is 0 Å². The molecule has 3 nitrogen and oxygen atoms in total. The molecule has 0 radical (unpaired) electrons. The van der Waals surface area contributed by atoms with E-state index in [0.717, 1.165) is 26.6 Å². The summed E-state index contributed by atoms with van der Waals surface area (Å²) in [6, 6.07) is 0. The number of ether oxygens (including phenoxy) is 1. The Kier molecular flexibility index (Phi) is 13.3. The van der Waals surface area contributed by atoms with Gasteiger partial charge in [-0.1, -0.05) is 6.42 Å².